The van der Waals surface area contributed by atoms with Crippen LogP contribution in [0, 0.1) is 0 Å². The second-order valence-electron chi connectivity index (χ2n) is 6.08. The molecular weight excluding hydrogens is 406 g/mol. The minimum Gasteiger partial charge on any atom is -0.444 e. The van der Waals surface area contributed by atoms with Crippen LogP contribution in [0.25, 0.3) is 0 Å². The van der Waals surface area contributed by atoms with Crippen molar-refractivity contribution in [3.63, 3.8) is 0 Å². The summed E-state index contributed by atoms with van der Waals surface area (Å²) in [4.78, 5) is 15.3. The maximum atomic E-state index is 12.1. The molecule has 0 saturated carbocycles. The van der Waals surface area contributed by atoms with Gasteiger partial charge in [0.1, 0.15) is 5.60 Å². The first-order chi connectivity index (χ1) is 9.19. The Balaban J connectivity index is 2.08. The number of carbonyl (C=O) groups excluding carboxylic acids is 1. The van der Waals surface area contributed by atoms with Crippen molar-refractivity contribution in [1.82, 2.24) is 4.90 Å². The van der Waals surface area contributed by atoms with Crippen LogP contribution >= 0.6 is 43.2 Å². The summed E-state index contributed by atoms with van der Waals surface area (Å²) in [6.45, 7) is 5.68. The normalized spacial score (nSPS) is 18.6. The van der Waals surface area contributed by atoms with E-state index in [1.807, 2.05) is 27.8 Å². The first-order valence-corrected chi connectivity index (χ1v) is 9.00. The van der Waals surface area contributed by atoms with Gasteiger partial charge in [0, 0.05) is 22.4 Å². The lowest BCUT2D eigenvalue weighted by Gasteiger charge is -2.33. The maximum absolute atomic E-state index is 12.1. The van der Waals surface area contributed by atoms with Crippen LogP contribution in [0.4, 0.5) is 4.79 Å². The predicted molar refractivity (Wildman–Crippen MR) is 89.5 cm³/mol. The number of hydrogen-bond acceptors (Lipinski definition) is 3. The second-order valence-corrected chi connectivity index (χ2v) is 9.30. The number of ether oxygens (including phenoxy) is 1. The lowest BCUT2D eigenvalue weighted by Crippen LogP contribution is -2.43. The fourth-order valence-electron chi connectivity index (χ4n) is 2.31. The highest BCUT2D eigenvalue weighted by Gasteiger charge is 2.30. The number of nitrogens with zero attached hydrogens (tertiary/aromatic N) is 1. The van der Waals surface area contributed by atoms with Crippen molar-refractivity contribution in [2.24, 2.45) is 0 Å². The average molecular weight is 425 g/mol. The Morgan fingerprint density at radius 1 is 1.40 bits per heavy atom. The van der Waals surface area contributed by atoms with Gasteiger partial charge in [-0.15, -0.1) is 11.3 Å². The second kappa shape index (κ2) is 5.97. The van der Waals surface area contributed by atoms with E-state index in [0.29, 0.717) is 0 Å². The molecule has 0 bridgehead atoms. The summed E-state index contributed by atoms with van der Waals surface area (Å²) in [5.41, 5.74) is 0.880. The molecule has 0 aliphatic heterocycles. The molecule has 0 N–H and O–H groups in total. The molecule has 1 aliphatic carbocycles. The zero-order valence-electron chi connectivity index (χ0n) is 12.1. The van der Waals surface area contributed by atoms with Gasteiger partial charge in [-0.2, -0.15) is 0 Å². The van der Waals surface area contributed by atoms with Gasteiger partial charge in [-0.3, -0.25) is 0 Å². The van der Waals surface area contributed by atoms with Crippen molar-refractivity contribution in [3.8, 4) is 0 Å². The Hall–Kier alpha value is -0.0700. The van der Waals surface area contributed by atoms with Gasteiger partial charge in [0.2, 0.25) is 0 Å². The largest absolute Gasteiger partial charge is 0.444 e. The van der Waals surface area contributed by atoms with Crippen LogP contribution in [0.3, 0.4) is 0 Å². The van der Waals surface area contributed by atoms with Gasteiger partial charge in [0.15, 0.2) is 0 Å². The number of fused-ring (bicyclic) bond motifs is 1. The number of carbonyl (C=O) groups is 1. The van der Waals surface area contributed by atoms with Crippen LogP contribution in [-0.2, 0) is 17.6 Å². The molecule has 1 heterocycles. The van der Waals surface area contributed by atoms with Gasteiger partial charge >= 0.3 is 6.09 Å². The standard InChI is InChI=1S/C14H19Br2NO2S/c1-14(2,3)19-13(18)17(4)8-5-6-10-9(7-8)11(15)12(16)20-10/h8H,5-7H2,1-4H3. The quantitative estimate of drug-likeness (QED) is 0.634. The molecule has 0 radical (unpaired) electrons. The Morgan fingerprint density at radius 2 is 2.05 bits per heavy atom. The fourth-order valence-corrected chi connectivity index (χ4v) is 4.87. The SMILES string of the molecule is CN(C(=O)OC(C)(C)C)C1CCc2sc(Br)c(Br)c2C1. The van der Waals surface area contributed by atoms with Gasteiger partial charge in [-0.05, 0) is 77.5 Å². The van der Waals surface area contributed by atoms with Gasteiger partial charge in [-0.25, -0.2) is 4.79 Å². The van der Waals surface area contributed by atoms with E-state index < -0.39 is 5.60 Å². The molecule has 6 heteroatoms. The fraction of sp³-hybridized carbons (Fsp3) is 0.643. The summed E-state index contributed by atoms with van der Waals surface area (Å²) < 4.78 is 7.73. The van der Waals surface area contributed by atoms with E-state index in [-0.39, 0.29) is 12.1 Å². The van der Waals surface area contributed by atoms with Gasteiger partial charge < -0.3 is 9.64 Å². The van der Waals surface area contributed by atoms with Crippen molar-refractivity contribution in [3.05, 3.63) is 18.7 Å². The predicted octanol–water partition coefficient (Wildman–Crippen LogP) is 5.00. The molecule has 2 rings (SSSR count). The zero-order valence-corrected chi connectivity index (χ0v) is 16.1. The maximum Gasteiger partial charge on any atom is 0.410 e. The number of halogens is 2. The summed E-state index contributed by atoms with van der Waals surface area (Å²) in [7, 11) is 1.83. The Morgan fingerprint density at radius 3 is 2.65 bits per heavy atom. The average Bonchev–Trinajstić information content (AvgIpc) is 2.62. The molecule has 112 valence electrons. The summed E-state index contributed by atoms with van der Waals surface area (Å²) in [5, 5.41) is 0. The van der Waals surface area contributed by atoms with Crippen LogP contribution in [0.1, 0.15) is 37.6 Å². The topological polar surface area (TPSA) is 29.5 Å². The summed E-state index contributed by atoms with van der Waals surface area (Å²) in [5.74, 6) is 0. The smallest absolute Gasteiger partial charge is 0.410 e. The van der Waals surface area contributed by atoms with Crippen LogP contribution in [-0.4, -0.2) is 29.7 Å². The van der Waals surface area contributed by atoms with Crippen LogP contribution in [0.5, 0.6) is 0 Å². The minimum atomic E-state index is -0.447. The van der Waals surface area contributed by atoms with Crippen molar-refractivity contribution >= 4 is 49.3 Å². The molecule has 1 amide bonds. The van der Waals surface area contributed by atoms with Crippen LogP contribution < -0.4 is 0 Å². The van der Waals surface area contributed by atoms with Crippen molar-refractivity contribution in [1.29, 1.82) is 0 Å². The number of likely N-dealkylation sites (N-methyl/N-ethyl adjacent to an activating group) is 1. The van der Waals surface area contributed by atoms with Crippen molar-refractivity contribution in [2.75, 3.05) is 7.05 Å². The molecule has 0 fully saturated rings. The number of thiophene rings is 1. The van der Waals surface area contributed by atoms with Crippen molar-refractivity contribution < 1.29 is 9.53 Å². The molecule has 0 spiro atoms. The molecule has 0 aromatic carbocycles. The van der Waals surface area contributed by atoms with Gasteiger partial charge in [0.25, 0.3) is 0 Å². The summed E-state index contributed by atoms with van der Waals surface area (Å²) in [6, 6.07) is 0.204. The number of amides is 1. The summed E-state index contributed by atoms with van der Waals surface area (Å²) >= 11 is 8.98. The molecule has 1 aromatic rings. The monoisotopic (exact) mass is 423 g/mol. The molecule has 1 aromatic heterocycles. The third kappa shape index (κ3) is 3.57. The lowest BCUT2D eigenvalue weighted by molar-refractivity contribution is 0.0210. The zero-order chi connectivity index (χ0) is 15.1. The molecule has 0 saturated heterocycles. The van der Waals surface area contributed by atoms with E-state index in [1.165, 1.54) is 10.4 Å². The highest BCUT2D eigenvalue weighted by molar-refractivity contribution is 9.13. The molecule has 1 aliphatic rings. The third-order valence-corrected chi connectivity index (χ3v) is 6.99. The first kappa shape index (κ1) is 16.3. The molecule has 3 nitrogen and oxygen atoms in total. The first-order valence-electron chi connectivity index (χ1n) is 6.60. The molecule has 20 heavy (non-hydrogen) atoms. The van der Waals surface area contributed by atoms with Crippen LogP contribution in [0.15, 0.2) is 8.26 Å². The van der Waals surface area contributed by atoms with E-state index in [0.717, 1.165) is 27.5 Å². The third-order valence-electron chi connectivity index (χ3n) is 3.36. The minimum absolute atomic E-state index is 0.204. The van der Waals surface area contributed by atoms with E-state index in [1.54, 1.807) is 16.2 Å². The van der Waals surface area contributed by atoms with Gasteiger partial charge in [-0.1, -0.05) is 0 Å². The number of hydrogen-bond donors (Lipinski definition) is 0. The highest BCUT2D eigenvalue weighted by atomic mass is 79.9. The lowest BCUT2D eigenvalue weighted by atomic mass is 9.94. The highest BCUT2D eigenvalue weighted by Crippen LogP contribution is 2.41. The summed E-state index contributed by atoms with van der Waals surface area (Å²) in [6.07, 6.45) is 2.65. The van der Waals surface area contributed by atoms with E-state index >= 15 is 0 Å². The molecular formula is C14H19Br2NO2S. The van der Waals surface area contributed by atoms with Gasteiger partial charge in [0.05, 0.1) is 3.79 Å². The number of rotatable bonds is 1. The molecule has 1 unspecified atom stereocenters. The van der Waals surface area contributed by atoms with E-state index in [4.69, 9.17) is 4.74 Å². The van der Waals surface area contributed by atoms with Crippen molar-refractivity contribution in [2.45, 2.75) is 51.7 Å². The van der Waals surface area contributed by atoms with Crippen LogP contribution in [0.2, 0.25) is 0 Å². The van der Waals surface area contributed by atoms with E-state index in [9.17, 15) is 4.79 Å². The van der Waals surface area contributed by atoms with E-state index in [2.05, 4.69) is 31.9 Å². The molecule has 1 atom stereocenters. The Kier molecular flexibility index (Phi) is 4.87. The Bertz CT molecular complexity index is 522. The number of aryl methyl sites for hydroxylation is 1. The Labute approximate surface area is 140 Å².